The number of amides is 2. The SMILES string of the molecule is CC1=C(C)N(C(=O)C2CC2)C(c2ccc(-c3ccc(F)cc3)cc2)N(N2CCCC2)C1=O. The predicted octanol–water partition coefficient (Wildman–Crippen LogP) is 4.88. The average molecular weight is 434 g/mol. The molecule has 0 radical (unpaired) electrons. The number of allylic oxidation sites excluding steroid dienone is 1. The van der Waals surface area contributed by atoms with Gasteiger partial charge in [-0.1, -0.05) is 36.4 Å². The van der Waals surface area contributed by atoms with Gasteiger partial charge in [-0.05, 0) is 68.4 Å². The Morgan fingerprint density at radius 3 is 2.03 bits per heavy atom. The van der Waals surface area contributed by atoms with E-state index in [1.165, 1.54) is 12.1 Å². The van der Waals surface area contributed by atoms with Crippen LogP contribution < -0.4 is 0 Å². The molecule has 2 fully saturated rings. The smallest absolute Gasteiger partial charge is 0.267 e. The summed E-state index contributed by atoms with van der Waals surface area (Å²) in [5.74, 6) is -0.144. The highest BCUT2D eigenvalue weighted by molar-refractivity contribution is 5.97. The number of hydrogen-bond donors (Lipinski definition) is 0. The Balaban J connectivity index is 1.57. The van der Waals surface area contributed by atoms with Crippen LogP contribution in [-0.2, 0) is 9.59 Å². The summed E-state index contributed by atoms with van der Waals surface area (Å²) in [5, 5.41) is 3.91. The highest BCUT2D eigenvalue weighted by Crippen LogP contribution is 2.42. The molecule has 2 aromatic rings. The van der Waals surface area contributed by atoms with Crippen LogP contribution in [0.25, 0.3) is 11.1 Å². The molecule has 1 atom stereocenters. The first kappa shape index (κ1) is 20.9. The first-order valence-electron chi connectivity index (χ1n) is 11.4. The van der Waals surface area contributed by atoms with Gasteiger partial charge in [-0.3, -0.25) is 14.5 Å². The molecule has 2 aromatic carbocycles. The van der Waals surface area contributed by atoms with Gasteiger partial charge in [0.25, 0.3) is 5.91 Å². The number of carbonyl (C=O) groups excluding carboxylic acids is 2. The number of carbonyl (C=O) groups is 2. The van der Waals surface area contributed by atoms with Gasteiger partial charge < -0.3 is 0 Å². The minimum absolute atomic E-state index is 0.0307. The number of nitrogens with zero attached hydrogens (tertiary/aromatic N) is 3. The Morgan fingerprint density at radius 1 is 0.906 bits per heavy atom. The number of hydrogen-bond acceptors (Lipinski definition) is 3. The molecule has 2 aliphatic heterocycles. The Labute approximate surface area is 188 Å². The Kier molecular flexibility index (Phi) is 5.33. The quantitative estimate of drug-likeness (QED) is 0.691. The van der Waals surface area contributed by atoms with Gasteiger partial charge in [0.15, 0.2) is 6.17 Å². The van der Waals surface area contributed by atoms with E-state index in [4.69, 9.17) is 0 Å². The van der Waals surface area contributed by atoms with Crippen LogP contribution in [0, 0.1) is 11.7 Å². The van der Waals surface area contributed by atoms with E-state index in [-0.39, 0.29) is 23.5 Å². The third-order valence-electron chi connectivity index (χ3n) is 6.85. The molecule has 5 rings (SSSR count). The molecule has 2 heterocycles. The number of benzene rings is 2. The van der Waals surface area contributed by atoms with E-state index in [1.54, 1.807) is 12.1 Å². The fraction of sp³-hybridized carbons (Fsp3) is 0.385. The highest BCUT2D eigenvalue weighted by Gasteiger charge is 2.46. The van der Waals surface area contributed by atoms with Gasteiger partial charge in [-0.2, -0.15) is 0 Å². The van der Waals surface area contributed by atoms with Crippen LogP contribution in [0.2, 0.25) is 0 Å². The Bertz CT molecular complexity index is 1070. The fourth-order valence-corrected chi connectivity index (χ4v) is 4.70. The third kappa shape index (κ3) is 3.62. The maximum Gasteiger partial charge on any atom is 0.267 e. The van der Waals surface area contributed by atoms with Crippen LogP contribution >= 0.6 is 0 Å². The summed E-state index contributed by atoms with van der Waals surface area (Å²) >= 11 is 0. The van der Waals surface area contributed by atoms with E-state index >= 15 is 0 Å². The first-order chi connectivity index (χ1) is 15.5. The first-order valence-corrected chi connectivity index (χ1v) is 11.4. The lowest BCUT2D eigenvalue weighted by molar-refractivity contribution is -0.168. The van der Waals surface area contributed by atoms with E-state index in [1.807, 2.05) is 48.0 Å². The average Bonchev–Trinajstić information content (AvgIpc) is 3.52. The monoisotopic (exact) mass is 433 g/mol. The molecule has 1 saturated carbocycles. The van der Waals surface area contributed by atoms with Crippen LogP contribution in [0.5, 0.6) is 0 Å². The van der Waals surface area contributed by atoms with E-state index in [0.717, 1.165) is 61.2 Å². The molecule has 32 heavy (non-hydrogen) atoms. The van der Waals surface area contributed by atoms with E-state index in [0.29, 0.717) is 5.57 Å². The second kappa shape index (κ2) is 8.17. The summed E-state index contributed by atoms with van der Waals surface area (Å²) in [6.07, 6.45) is 3.42. The topological polar surface area (TPSA) is 43.9 Å². The maximum absolute atomic E-state index is 13.4. The summed E-state index contributed by atoms with van der Waals surface area (Å²) in [6.45, 7) is 5.33. The number of halogens is 1. The molecule has 0 aromatic heterocycles. The zero-order chi connectivity index (χ0) is 22.4. The van der Waals surface area contributed by atoms with E-state index < -0.39 is 6.17 Å². The molecular formula is C26H28FN3O2. The van der Waals surface area contributed by atoms with Crippen molar-refractivity contribution in [1.82, 2.24) is 14.9 Å². The molecule has 1 aliphatic carbocycles. The van der Waals surface area contributed by atoms with Crippen LogP contribution in [0.15, 0.2) is 59.8 Å². The van der Waals surface area contributed by atoms with Gasteiger partial charge >= 0.3 is 0 Å². The summed E-state index contributed by atoms with van der Waals surface area (Å²) in [5.41, 5.74) is 4.16. The lowest BCUT2D eigenvalue weighted by Gasteiger charge is -2.48. The second-order valence-electron chi connectivity index (χ2n) is 9.01. The van der Waals surface area contributed by atoms with E-state index in [9.17, 15) is 14.0 Å². The Hall–Kier alpha value is -2.99. The van der Waals surface area contributed by atoms with Crippen molar-refractivity contribution in [3.8, 4) is 11.1 Å². The lowest BCUT2D eigenvalue weighted by Crippen LogP contribution is -2.57. The van der Waals surface area contributed by atoms with Crippen molar-refractivity contribution in [2.75, 3.05) is 13.1 Å². The molecule has 0 N–H and O–H groups in total. The van der Waals surface area contributed by atoms with Crippen molar-refractivity contribution in [1.29, 1.82) is 0 Å². The molecule has 0 spiro atoms. The van der Waals surface area contributed by atoms with Gasteiger partial charge in [-0.15, -0.1) is 0 Å². The minimum Gasteiger partial charge on any atom is -0.289 e. The molecular weight excluding hydrogens is 405 g/mol. The number of rotatable bonds is 4. The predicted molar refractivity (Wildman–Crippen MR) is 120 cm³/mol. The fourth-order valence-electron chi connectivity index (χ4n) is 4.70. The highest BCUT2D eigenvalue weighted by atomic mass is 19.1. The zero-order valence-electron chi connectivity index (χ0n) is 18.6. The lowest BCUT2D eigenvalue weighted by atomic mass is 9.99. The molecule has 166 valence electrons. The van der Waals surface area contributed by atoms with Crippen LogP contribution in [0.4, 0.5) is 4.39 Å². The van der Waals surface area contributed by atoms with Crippen molar-refractivity contribution in [3.63, 3.8) is 0 Å². The van der Waals surface area contributed by atoms with Gasteiger partial charge in [0.2, 0.25) is 5.91 Å². The van der Waals surface area contributed by atoms with Crippen molar-refractivity contribution >= 4 is 11.8 Å². The summed E-state index contributed by atoms with van der Waals surface area (Å²) < 4.78 is 13.3. The summed E-state index contributed by atoms with van der Waals surface area (Å²) in [7, 11) is 0. The third-order valence-corrected chi connectivity index (χ3v) is 6.85. The normalized spacial score (nSPS) is 22.1. The zero-order valence-corrected chi connectivity index (χ0v) is 18.6. The van der Waals surface area contributed by atoms with Gasteiger partial charge in [-0.25, -0.2) is 14.4 Å². The van der Waals surface area contributed by atoms with Crippen LogP contribution in [0.1, 0.15) is 51.3 Å². The van der Waals surface area contributed by atoms with Gasteiger partial charge in [0, 0.05) is 30.3 Å². The number of hydrazine groups is 1. The van der Waals surface area contributed by atoms with Crippen LogP contribution in [-0.4, -0.2) is 39.8 Å². The van der Waals surface area contributed by atoms with Crippen molar-refractivity contribution < 1.29 is 14.0 Å². The molecule has 3 aliphatic rings. The molecule has 0 bridgehead atoms. The van der Waals surface area contributed by atoms with Crippen molar-refractivity contribution in [3.05, 3.63) is 71.2 Å². The Morgan fingerprint density at radius 2 is 1.47 bits per heavy atom. The summed E-state index contributed by atoms with van der Waals surface area (Å²) in [6, 6.07) is 14.3. The molecule has 1 saturated heterocycles. The molecule has 6 heteroatoms. The minimum atomic E-state index is -0.486. The van der Waals surface area contributed by atoms with Crippen LogP contribution in [0.3, 0.4) is 0 Å². The van der Waals surface area contributed by atoms with Gasteiger partial charge in [0.05, 0.1) is 0 Å². The summed E-state index contributed by atoms with van der Waals surface area (Å²) in [4.78, 5) is 28.7. The van der Waals surface area contributed by atoms with E-state index in [2.05, 4.69) is 5.01 Å². The largest absolute Gasteiger partial charge is 0.289 e. The molecule has 5 nitrogen and oxygen atoms in total. The van der Waals surface area contributed by atoms with Crippen molar-refractivity contribution in [2.24, 2.45) is 5.92 Å². The standard InChI is InChI=1S/C26H28FN3O2/c1-17-18(2)29(26(32)22-9-10-22)24(30(25(17)31)28-15-3-4-16-28)21-7-5-19(6-8-21)20-11-13-23(27)14-12-20/h5-8,11-14,22,24H,3-4,9-10,15-16H2,1-2H3. The maximum atomic E-state index is 13.4. The van der Waals surface area contributed by atoms with Gasteiger partial charge in [0.1, 0.15) is 5.82 Å². The molecule has 2 amide bonds. The van der Waals surface area contributed by atoms with Crippen molar-refractivity contribution in [2.45, 2.75) is 45.7 Å². The molecule has 1 unspecified atom stereocenters. The second-order valence-corrected chi connectivity index (χ2v) is 9.01.